The molecule has 0 aromatic rings. The number of esters is 1. The lowest BCUT2D eigenvalue weighted by atomic mass is 10.2. The van der Waals surface area contributed by atoms with Crippen LogP contribution in [-0.2, 0) is 19.1 Å². The molecule has 6 heteroatoms. The predicted octanol–water partition coefficient (Wildman–Crippen LogP) is -0.129. The zero-order valence-electron chi connectivity index (χ0n) is 11.6. The van der Waals surface area contributed by atoms with E-state index in [4.69, 9.17) is 9.47 Å². The van der Waals surface area contributed by atoms with Crippen LogP contribution in [0.4, 0.5) is 0 Å². The second kappa shape index (κ2) is 6.34. The molecule has 1 aliphatic heterocycles. The Balaban J connectivity index is 1.94. The van der Waals surface area contributed by atoms with E-state index in [-0.39, 0.29) is 18.4 Å². The monoisotopic (exact) mass is 270 g/mol. The minimum Gasteiger partial charge on any atom is -0.468 e. The van der Waals surface area contributed by atoms with Crippen LogP contribution in [0, 0.1) is 0 Å². The van der Waals surface area contributed by atoms with Gasteiger partial charge in [0.15, 0.2) is 0 Å². The molecular weight excluding hydrogens is 248 g/mol. The summed E-state index contributed by atoms with van der Waals surface area (Å²) in [7, 11) is 1.36. The Hall–Kier alpha value is -1.14. The number of hydrogen-bond acceptors (Lipinski definition) is 5. The molecule has 0 aromatic heterocycles. The van der Waals surface area contributed by atoms with E-state index >= 15 is 0 Å². The second-order valence-electron chi connectivity index (χ2n) is 5.00. The van der Waals surface area contributed by atoms with Gasteiger partial charge < -0.3 is 14.4 Å². The highest BCUT2D eigenvalue weighted by Crippen LogP contribution is 2.26. The largest absolute Gasteiger partial charge is 0.468 e. The van der Waals surface area contributed by atoms with Gasteiger partial charge in [0.05, 0.1) is 26.9 Å². The normalized spacial score (nSPS) is 24.0. The second-order valence-corrected chi connectivity index (χ2v) is 5.00. The van der Waals surface area contributed by atoms with Gasteiger partial charge in [-0.25, -0.2) is 0 Å². The van der Waals surface area contributed by atoms with Crippen LogP contribution in [-0.4, -0.2) is 73.7 Å². The number of likely N-dealkylation sites (N-methyl/N-ethyl adjacent to an activating group) is 1. The van der Waals surface area contributed by atoms with Gasteiger partial charge in [-0.05, 0) is 19.8 Å². The first-order valence-electron chi connectivity index (χ1n) is 6.86. The smallest absolute Gasteiger partial charge is 0.325 e. The number of rotatable bonds is 5. The number of ether oxygens (including phenoxy) is 2. The van der Waals surface area contributed by atoms with E-state index in [1.807, 2.05) is 16.7 Å². The summed E-state index contributed by atoms with van der Waals surface area (Å²) >= 11 is 0. The van der Waals surface area contributed by atoms with Crippen molar-refractivity contribution in [1.29, 1.82) is 0 Å². The molecule has 0 N–H and O–H groups in total. The Morgan fingerprint density at radius 3 is 2.74 bits per heavy atom. The molecule has 0 bridgehead atoms. The van der Waals surface area contributed by atoms with Crippen molar-refractivity contribution >= 4 is 11.9 Å². The minimum absolute atomic E-state index is 0.0980. The molecule has 108 valence electrons. The van der Waals surface area contributed by atoms with Crippen molar-refractivity contribution < 1.29 is 19.1 Å². The molecule has 6 nitrogen and oxygen atoms in total. The third-order valence-corrected chi connectivity index (χ3v) is 3.70. The van der Waals surface area contributed by atoms with Crippen LogP contribution in [0.5, 0.6) is 0 Å². The van der Waals surface area contributed by atoms with E-state index in [1.165, 1.54) is 7.11 Å². The van der Waals surface area contributed by atoms with Crippen LogP contribution in [0.2, 0.25) is 0 Å². The fourth-order valence-corrected chi connectivity index (χ4v) is 2.47. The first-order chi connectivity index (χ1) is 9.17. The SMILES string of the molecule is CCN(C(=O)CN1CCOCC1C(=O)OC)C1CC1. The zero-order valence-corrected chi connectivity index (χ0v) is 11.6. The molecule has 1 saturated carbocycles. The van der Waals surface area contributed by atoms with Gasteiger partial charge in [-0.15, -0.1) is 0 Å². The molecule has 0 spiro atoms. The van der Waals surface area contributed by atoms with Crippen LogP contribution in [0.25, 0.3) is 0 Å². The topological polar surface area (TPSA) is 59.1 Å². The summed E-state index contributed by atoms with van der Waals surface area (Å²) in [6, 6.07) is -0.0456. The van der Waals surface area contributed by atoms with Crippen LogP contribution in [0.3, 0.4) is 0 Å². The van der Waals surface area contributed by atoms with Gasteiger partial charge in [0.1, 0.15) is 6.04 Å². The molecule has 2 aliphatic rings. The number of methoxy groups -OCH3 is 1. The average molecular weight is 270 g/mol. The molecule has 1 saturated heterocycles. The van der Waals surface area contributed by atoms with E-state index in [0.717, 1.165) is 19.4 Å². The number of nitrogens with zero attached hydrogens (tertiary/aromatic N) is 2. The first kappa shape index (κ1) is 14.3. The maximum absolute atomic E-state index is 12.3. The molecule has 1 aliphatic carbocycles. The van der Waals surface area contributed by atoms with E-state index in [2.05, 4.69) is 0 Å². The number of hydrogen-bond donors (Lipinski definition) is 0. The van der Waals surface area contributed by atoms with Crippen molar-refractivity contribution in [2.45, 2.75) is 31.8 Å². The Bertz CT molecular complexity index is 344. The van der Waals surface area contributed by atoms with E-state index in [0.29, 0.717) is 25.8 Å². The lowest BCUT2D eigenvalue weighted by Gasteiger charge is -2.34. The number of carbonyl (C=O) groups is 2. The standard InChI is InChI=1S/C13H22N2O4/c1-3-15(10-4-5-10)12(16)8-14-6-7-19-9-11(14)13(17)18-2/h10-11H,3-9H2,1-2H3. The molecule has 1 atom stereocenters. The zero-order chi connectivity index (χ0) is 13.8. The minimum atomic E-state index is -0.458. The van der Waals surface area contributed by atoms with Gasteiger partial charge in [-0.2, -0.15) is 0 Å². The Morgan fingerprint density at radius 2 is 2.16 bits per heavy atom. The molecular formula is C13H22N2O4. The summed E-state index contributed by atoms with van der Waals surface area (Å²) < 4.78 is 10.1. The highest BCUT2D eigenvalue weighted by Gasteiger charge is 2.35. The summed E-state index contributed by atoms with van der Waals surface area (Å²) in [6.07, 6.45) is 2.20. The molecule has 2 fully saturated rings. The van der Waals surface area contributed by atoms with Gasteiger partial charge in [-0.1, -0.05) is 0 Å². The van der Waals surface area contributed by atoms with Crippen LogP contribution in [0.15, 0.2) is 0 Å². The Kier molecular flexibility index (Phi) is 4.76. The summed E-state index contributed by atoms with van der Waals surface area (Å²) in [6.45, 7) is 4.44. The molecule has 1 heterocycles. The maximum Gasteiger partial charge on any atom is 0.325 e. The van der Waals surface area contributed by atoms with Crippen LogP contribution >= 0.6 is 0 Å². The van der Waals surface area contributed by atoms with Crippen molar-refractivity contribution in [1.82, 2.24) is 9.80 Å². The predicted molar refractivity (Wildman–Crippen MR) is 68.6 cm³/mol. The van der Waals surface area contributed by atoms with Crippen LogP contribution < -0.4 is 0 Å². The Morgan fingerprint density at radius 1 is 1.42 bits per heavy atom. The summed E-state index contributed by atoms with van der Waals surface area (Å²) in [4.78, 5) is 27.7. The van der Waals surface area contributed by atoms with Gasteiger partial charge in [0.2, 0.25) is 5.91 Å². The summed E-state index contributed by atoms with van der Waals surface area (Å²) in [5.74, 6) is -0.234. The fraction of sp³-hybridized carbons (Fsp3) is 0.846. The van der Waals surface area contributed by atoms with Crippen molar-refractivity contribution in [2.75, 3.05) is 40.0 Å². The van der Waals surface area contributed by atoms with E-state index < -0.39 is 6.04 Å². The summed E-state index contributed by atoms with van der Waals surface area (Å²) in [5.41, 5.74) is 0. The van der Waals surface area contributed by atoms with Crippen molar-refractivity contribution in [3.05, 3.63) is 0 Å². The van der Waals surface area contributed by atoms with Crippen molar-refractivity contribution in [3.63, 3.8) is 0 Å². The Labute approximate surface area is 113 Å². The lowest BCUT2D eigenvalue weighted by molar-refractivity contribution is -0.155. The number of carbonyl (C=O) groups excluding carboxylic acids is 2. The van der Waals surface area contributed by atoms with Gasteiger partial charge in [-0.3, -0.25) is 14.5 Å². The highest BCUT2D eigenvalue weighted by molar-refractivity contribution is 5.81. The molecule has 2 rings (SSSR count). The molecule has 19 heavy (non-hydrogen) atoms. The quantitative estimate of drug-likeness (QED) is 0.651. The number of morpholine rings is 1. The van der Waals surface area contributed by atoms with Gasteiger partial charge in [0, 0.05) is 19.1 Å². The van der Waals surface area contributed by atoms with E-state index in [1.54, 1.807) is 0 Å². The molecule has 0 radical (unpaired) electrons. The average Bonchev–Trinajstić information content (AvgIpc) is 3.24. The third kappa shape index (κ3) is 3.45. The number of amides is 1. The maximum atomic E-state index is 12.3. The van der Waals surface area contributed by atoms with Crippen molar-refractivity contribution in [3.8, 4) is 0 Å². The van der Waals surface area contributed by atoms with Crippen molar-refractivity contribution in [2.24, 2.45) is 0 Å². The first-order valence-corrected chi connectivity index (χ1v) is 6.86. The molecule has 0 aromatic carbocycles. The van der Waals surface area contributed by atoms with E-state index in [9.17, 15) is 9.59 Å². The molecule has 1 unspecified atom stereocenters. The van der Waals surface area contributed by atoms with Gasteiger partial charge >= 0.3 is 5.97 Å². The fourth-order valence-electron chi connectivity index (χ4n) is 2.47. The highest BCUT2D eigenvalue weighted by atomic mass is 16.5. The van der Waals surface area contributed by atoms with Gasteiger partial charge in [0.25, 0.3) is 0 Å². The van der Waals surface area contributed by atoms with Crippen LogP contribution in [0.1, 0.15) is 19.8 Å². The lowest BCUT2D eigenvalue weighted by Crippen LogP contribution is -2.54. The summed E-state index contributed by atoms with van der Waals surface area (Å²) in [5, 5.41) is 0. The third-order valence-electron chi connectivity index (χ3n) is 3.70. The molecule has 1 amide bonds.